The van der Waals surface area contributed by atoms with Gasteiger partial charge in [0.2, 0.25) is 5.91 Å². The highest BCUT2D eigenvalue weighted by Crippen LogP contribution is 2.37. The number of aliphatic carboxylic acids is 1. The van der Waals surface area contributed by atoms with E-state index in [0.717, 1.165) is 0 Å². The van der Waals surface area contributed by atoms with Crippen molar-refractivity contribution in [2.24, 2.45) is 11.8 Å². The van der Waals surface area contributed by atoms with Crippen molar-refractivity contribution in [2.75, 3.05) is 7.05 Å². The fourth-order valence-corrected chi connectivity index (χ4v) is 2.99. The molecule has 1 rings (SSSR count). The van der Waals surface area contributed by atoms with Crippen molar-refractivity contribution in [3.63, 3.8) is 0 Å². The van der Waals surface area contributed by atoms with Gasteiger partial charge in [-0.1, -0.05) is 44.2 Å². The second kappa shape index (κ2) is 8.15. The van der Waals surface area contributed by atoms with Crippen LogP contribution in [-0.4, -0.2) is 34.6 Å². The summed E-state index contributed by atoms with van der Waals surface area (Å²) < 4.78 is -1.60. The van der Waals surface area contributed by atoms with Gasteiger partial charge in [-0.25, -0.2) is 0 Å². The third kappa shape index (κ3) is 4.82. The molecule has 1 amide bonds. The number of carboxylic acids is 1. The topological polar surface area (TPSA) is 83.5 Å². The smallest absolute Gasteiger partial charge is 0.308 e. The van der Waals surface area contributed by atoms with E-state index in [0.29, 0.717) is 5.56 Å². The summed E-state index contributed by atoms with van der Waals surface area (Å²) in [7, 11) is 1.45. The van der Waals surface area contributed by atoms with E-state index in [4.69, 9.17) is 0 Å². The third-order valence-corrected chi connectivity index (χ3v) is 4.39. The van der Waals surface area contributed by atoms with Crippen molar-refractivity contribution in [2.45, 2.75) is 31.4 Å². The van der Waals surface area contributed by atoms with E-state index >= 15 is 0 Å². The Morgan fingerprint density at radius 3 is 2.22 bits per heavy atom. The lowest BCUT2D eigenvalue weighted by molar-refractivity contribution is -0.143. The number of hydrogen-bond acceptors (Lipinski definition) is 4. The molecule has 0 aliphatic rings. The first-order chi connectivity index (χ1) is 10.7. The molecule has 0 saturated carbocycles. The molecule has 23 heavy (non-hydrogen) atoms. The van der Waals surface area contributed by atoms with Gasteiger partial charge in [0, 0.05) is 19.0 Å². The lowest BCUT2D eigenvalue weighted by atomic mass is 9.78. The van der Waals surface area contributed by atoms with Crippen molar-refractivity contribution < 1.29 is 19.5 Å². The van der Waals surface area contributed by atoms with Gasteiger partial charge in [-0.3, -0.25) is 14.4 Å². The molecule has 0 saturated heterocycles. The Morgan fingerprint density at radius 2 is 1.78 bits per heavy atom. The molecule has 0 aromatic heterocycles. The first-order valence-corrected chi connectivity index (χ1v) is 7.92. The van der Waals surface area contributed by atoms with Crippen molar-refractivity contribution >= 4 is 30.3 Å². The normalized spacial score (nSPS) is 14.8. The largest absolute Gasteiger partial charge is 0.481 e. The van der Waals surface area contributed by atoms with Gasteiger partial charge in [0.05, 0.1) is 10.7 Å². The van der Waals surface area contributed by atoms with Crippen LogP contribution in [-0.2, 0) is 9.59 Å². The van der Waals surface area contributed by atoms with Crippen molar-refractivity contribution in [3.05, 3.63) is 35.9 Å². The highest BCUT2D eigenvalue weighted by molar-refractivity contribution is 7.83. The number of thiol groups is 1. The third-order valence-electron chi connectivity index (χ3n) is 3.72. The number of benzene rings is 1. The van der Waals surface area contributed by atoms with E-state index in [1.165, 1.54) is 7.05 Å². The Hall–Kier alpha value is -1.82. The molecule has 0 aliphatic heterocycles. The molecule has 2 N–H and O–H groups in total. The van der Waals surface area contributed by atoms with Crippen molar-refractivity contribution in [1.29, 1.82) is 0 Å². The van der Waals surface area contributed by atoms with E-state index in [1.807, 2.05) is 13.8 Å². The Balaban J connectivity index is 3.32. The number of ketones is 1. The number of Topliss-reactive ketones (excluding diaryl/α,β-unsaturated/α-hetero) is 1. The predicted octanol–water partition coefficient (Wildman–Crippen LogP) is 2.42. The number of rotatable bonds is 8. The summed E-state index contributed by atoms with van der Waals surface area (Å²) >= 11 is 4.44. The van der Waals surface area contributed by atoms with E-state index in [-0.39, 0.29) is 18.8 Å². The second-order valence-electron chi connectivity index (χ2n) is 5.99. The number of carbonyl (C=O) groups is 3. The van der Waals surface area contributed by atoms with Gasteiger partial charge in [0.15, 0.2) is 5.78 Å². The number of hydrogen-bond donors (Lipinski definition) is 3. The van der Waals surface area contributed by atoms with Gasteiger partial charge in [0.1, 0.15) is 0 Å². The second-order valence-corrected chi connectivity index (χ2v) is 6.79. The minimum absolute atomic E-state index is 0.0517. The Kier molecular flexibility index (Phi) is 6.81. The maximum atomic E-state index is 12.9. The molecule has 2 atom stereocenters. The van der Waals surface area contributed by atoms with Crippen LogP contribution in [0.25, 0.3) is 0 Å². The molecular formula is C17H23NO4S. The van der Waals surface area contributed by atoms with Gasteiger partial charge in [-0.2, -0.15) is 12.6 Å². The summed E-state index contributed by atoms with van der Waals surface area (Å²) in [5.74, 6) is -2.99. The first kappa shape index (κ1) is 19.2. The van der Waals surface area contributed by atoms with E-state index in [1.54, 1.807) is 30.3 Å². The molecule has 0 aliphatic carbocycles. The molecule has 126 valence electrons. The van der Waals surface area contributed by atoms with Crippen LogP contribution in [0.4, 0.5) is 0 Å². The summed E-state index contributed by atoms with van der Waals surface area (Å²) in [6, 6.07) is 8.36. The van der Waals surface area contributed by atoms with Crippen LogP contribution in [0, 0.1) is 11.8 Å². The fourth-order valence-electron chi connectivity index (χ4n) is 2.51. The number of carbonyl (C=O) groups excluding carboxylic acids is 2. The molecule has 6 heteroatoms. The molecule has 2 unspecified atom stereocenters. The van der Waals surface area contributed by atoms with Crippen LogP contribution in [0.3, 0.4) is 0 Å². The molecule has 0 fully saturated rings. The Labute approximate surface area is 141 Å². The van der Waals surface area contributed by atoms with Crippen LogP contribution >= 0.6 is 12.6 Å². The zero-order valence-electron chi connectivity index (χ0n) is 13.6. The number of carboxylic acid groups (broad SMARTS) is 1. The molecular weight excluding hydrogens is 314 g/mol. The van der Waals surface area contributed by atoms with Gasteiger partial charge < -0.3 is 10.4 Å². The highest BCUT2D eigenvalue weighted by atomic mass is 32.1. The van der Waals surface area contributed by atoms with Crippen LogP contribution < -0.4 is 5.32 Å². The van der Waals surface area contributed by atoms with Gasteiger partial charge in [-0.05, 0) is 12.3 Å². The minimum Gasteiger partial charge on any atom is -0.481 e. The summed E-state index contributed by atoms with van der Waals surface area (Å²) in [6.07, 6.45) is -0.0293. The van der Waals surface area contributed by atoms with Gasteiger partial charge in [0.25, 0.3) is 0 Å². The lowest BCUT2D eigenvalue weighted by Crippen LogP contribution is -2.48. The summed E-state index contributed by atoms with van der Waals surface area (Å²) in [5, 5.41) is 12.0. The average Bonchev–Trinajstić information content (AvgIpc) is 2.51. The monoisotopic (exact) mass is 337 g/mol. The van der Waals surface area contributed by atoms with E-state index in [2.05, 4.69) is 17.9 Å². The van der Waals surface area contributed by atoms with Gasteiger partial charge >= 0.3 is 5.97 Å². The minimum atomic E-state index is -1.60. The first-order valence-electron chi connectivity index (χ1n) is 7.48. The zero-order valence-corrected chi connectivity index (χ0v) is 14.5. The molecule has 0 heterocycles. The molecule has 5 nitrogen and oxygen atoms in total. The van der Waals surface area contributed by atoms with Crippen LogP contribution in [0.15, 0.2) is 30.3 Å². The summed E-state index contributed by atoms with van der Waals surface area (Å²) in [6.45, 7) is 3.74. The Morgan fingerprint density at radius 1 is 1.22 bits per heavy atom. The Bertz CT molecular complexity index is 573. The maximum Gasteiger partial charge on any atom is 0.308 e. The molecule has 1 aromatic carbocycles. The molecule has 0 bridgehead atoms. The van der Waals surface area contributed by atoms with Crippen LogP contribution in [0.1, 0.15) is 37.0 Å². The summed E-state index contributed by atoms with van der Waals surface area (Å²) in [4.78, 5) is 36.6. The van der Waals surface area contributed by atoms with Crippen molar-refractivity contribution in [3.8, 4) is 0 Å². The maximum absolute atomic E-state index is 12.9. The number of nitrogens with one attached hydrogen (secondary N) is 1. The molecule has 0 spiro atoms. The van der Waals surface area contributed by atoms with E-state index < -0.39 is 28.3 Å². The predicted molar refractivity (Wildman–Crippen MR) is 91.8 cm³/mol. The average molecular weight is 337 g/mol. The van der Waals surface area contributed by atoms with Crippen LogP contribution in [0.2, 0.25) is 0 Å². The standard InChI is InChI=1S/C17H23NO4S/c1-11(2)9-13(16(21)22)17(23,10-14(19)18-3)15(20)12-7-5-4-6-8-12/h4-8,11,13,23H,9-10H2,1-3H3,(H,18,19)(H,21,22). The SMILES string of the molecule is CNC(=O)CC(S)(C(=O)c1ccccc1)C(CC(C)C)C(=O)O. The van der Waals surface area contributed by atoms with Crippen LogP contribution in [0.5, 0.6) is 0 Å². The number of amides is 1. The van der Waals surface area contributed by atoms with Gasteiger partial charge in [-0.15, -0.1) is 0 Å². The quantitative estimate of drug-likeness (QED) is 0.502. The molecule has 0 radical (unpaired) electrons. The summed E-state index contributed by atoms with van der Waals surface area (Å²) in [5.41, 5.74) is 0.349. The fraction of sp³-hybridized carbons (Fsp3) is 0.471. The highest BCUT2D eigenvalue weighted by Gasteiger charge is 2.48. The lowest BCUT2D eigenvalue weighted by Gasteiger charge is -2.33. The zero-order chi connectivity index (χ0) is 17.6. The van der Waals surface area contributed by atoms with Crippen molar-refractivity contribution in [1.82, 2.24) is 5.32 Å². The van der Waals surface area contributed by atoms with E-state index in [9.17, 15) is 19.5 Å². The molecule has 1 aromatic rings.